The van der Waals surface area contributed by atoms with Crippen LogP contribution in [0.5, 0.6) is 0 Å². The molecule has 0 aromatic carbocycles. The van der Waals surface area contributed by atoms with Crippen LogP contribution in [0.4, 0.5) is 0 Å². The van der Waals surface area contributed by atoms with E-state index in [1.54, 1.807) is 11.8 Å². The summed E-state index contributed by atoms with van der Waals surface area (Å²) in [6, 6.07) is 0. The third-order valence-electron chi connectivity index (χ3n) is 4.82. The molecule has 0 heterocycles. The van der Waals surface area contributed by atoms with Gasteiger partial charge in [-0.2, -0.15) is 11.8 Å². The van der Waals surface area contributed by atoms with Gasteiger partial charge in [0.2, 0.25) is 0 Å². The normalized spacial score (nSPS) is 21.9. The van der Waals surface area contributed by atoms with Gasteiger partial charge in [-0.15, -0.1) is 0 Å². The molecular weight excluding hydrogens is 324 g/mol. The molecule has 1 aliphatic carbocycles. The first-order valence-electron chi connectivity index (χ1n) is 9.52. The molecule has 0 aliphatic heterocycles. The zero-order valence-electron chi connectivity index (χ0n) is 15.3. The summed E-state index contributed by atoms with van der Waals surface area (Å²) in [5, 5.41) is 9.89. The first-order valence-corrected chi connectivity index (χ1v) is 10.7. The van der Waals surface area contributed by atoms with Gasteiger partial charge in [0, 0.05) is 12.3 Å². The highest BCUT2D eigenvalue weighted by atomic mass is 32.2. The number of unbranched alkanes of at least 4 members (excludes halogenated alkanes) is 1. The van der Waals surface area contributed by atoms with Gasteiger partial charge in [-0.05, 0) is 57.1 Å². The average Bonchev–Trinajstić information content (AvgIpc) is 2.89. The molecule has 0 amide bonds. The number of ketones is 1. The predicted molar refractivity (Wildman–Crippen MR) is 99.2 cm³/mol. The molecule has 1 rings (SSSR count). The highest BCUT2D eigenvalue weighted by Gasteiger charge is 2.33. The summed E-state index contributed by atoms with van der Waals surface area (Å²) in [6.45, 7) is 4.35. The van der Waals surface area contributed by atoms with E-state index in [1.165, 1.54) is 0 Å². The molecule has 0 aromatic heterocycles. The highest BCUT2D eigenvalue weighted by Crippen LogP contribution is 2.36. The van der Waals surface area contributed by atoms with Gasteiger partial charge >= 0.3 is 5.97 Å². The zero-order chi connectivity index (χ0) is 17.8. The van der Waals surface area contributed by atoms with Gasteiger partial charge in [0.25, 0.3) is 0 Å². The second-order valence-electron chi connectivity index (χ2n) is 6.74. The van der Waals surface area contributed by atoms with E-state index in [0.717, 1.165) is 63.5 Å². The number of aliphatic hydroxyl groups is 1. The van der Waals surface area contributed by atoms with E-state index in [1.807, 2.05) is 6.92 Å². The van der Waals surface area contributed by atoms with Crippen LogP contribution in [-0.2, 0) is 14.3 Å². The van der Waals surface area contributed by atoms with Gasteiger partial charge in [0.05, 0.1) is 18.5 Å². The Morgan fingerprint density at radius 3 is 2.79 bits per heavy atom. The smallest absolute Gasteiger partial charge is 0.315 e. The van der Waals surface area contributed by atoms with Crippen molar-refractivity contribution in [3.63, 3.8) is 0 Å². The van der Waals surface area contributed by atoms with E-state index >= 15 is 0 Å². The van der Waals surface area contributed by atoms with Gasteiger partial charge in [0.15, 0.2) is 0 Å². The lowest BCUT2D eigenvalue weighted by Crippen LogP contribution is -2.17. The third-order valence-corrected chi connectivity index (χ3v) is 5.83. The number of aliphatic hydroxyl groups excluding tert-OH is 1. The van der Waals surface area contributed by atoms with Crippen molar-refractivity contribution in [2.45, 2.75) is 77.7 Å². The summed E-state index contributed by atoms with van der Waals surface area (Å²) in [4.78, 5) is 23.3. The van der Waals surface area contributed by atoms with Crippen molar-refractivity contribution >= 4 is 23.5 Å². The number of thioether (sulfide) groups is 1. The van der Waals surface area contributed by atoms with E-state index in [-0.39, 0.29) is 18.0 Å². The van der Waals surface area contributed by atoms with Gasteiger partial charge < -0.3 is 9.84 Å². The van der Waals surface area contributed by atoms with Gasteiger partial charge in [-0.1, -0.05) is 19.8 Å². The quantitative estimate of drug-likeness (QED) is 0.398. The molecule has 0 radical (unpaired) electrons. The summed E-state index contributed by atoms with van der Waals surface area (Å²) in [5.41, 5.74) is 0. The van der Waals surface area contributed by atoms with Crippen molar-refractivity contribution in [3.05, 3.63) is 0 Å². The number of hydrogen-bond donors (Lipinski definition) is 1. The van der Waals surface area contributed by atoms with Crippen LogP contribution in [0.2, 0.25) is 0 Å². The first kappa shape index (κ1) is 21.5. The number of esters is 1. The summed E-state index contributed by atoms with van der Waals surface area (Å²) in [7, 11) is 0. The molecule has 24 heavy (non-hydrogen) atoms. The van der Waals surface area contributed by atoms with E-state index < -0.39 is 0 Å². The Labute approximate surface area is 151 Å². The molecule has 1 saturated carbocycles. The molecule has 3 atom stereocenters. The van der Waals surface area contributed by atoms with Crippen molar-refractivity contribution in [3.8, 4) is 0 Å². The minimum absolute atomic E-state index is 0.140. The number of Topliss-reactive ketones (excluding diaryl/α,β-unsaturated/α-hetero) is 1. The molecule has 5 heteroatoms. The SMILES string of the molecule is CCCC(O)CC[C@H]1CCC(=O)[C@@H]1CCCCSCC(=O)OCC. The van der Waals surface area contributed by atoms with Crippen molar-refractivity contribution in [2.24, 2.45) is 11.8 Å². The van der Waals surface area contributed by atoms with Crippen LogP contribution in [0.25, 0.3) is 0 Å². The van der Waals surface area contributed by atoms with E-state index in [4.69, 9.17) is 4.74 Å². The van der Waals surface area contributed by atoms with Gasteiger partial charge in [-0.3, -0.25) is 9.59 Å². The molecule has 140 valence electrons. The molecule has 1 aliphatic rings. The van der Waals surface area contributed by atoms with Crippen molar-refractivity contribution in [1.29, 1.82) is 0 Å². The van der Waals surface area contributed by atoms with Crippen LogP contribution in [-0.4, -0.2) is 41.1 Å². The number of carbonyl (C=O) groups is 2. The van der Waals surface area contributed by atoms with Gasteiger partial charge in [0.1, 0.15) is 5.78 Å². The fourth-order valence-corrected chi connectivity index (χ4v) is 4.33. The lowest BCUT2D eigenvalue weighted by atomic mass is 9.86. The second kappa shape index (κ2) is 12.8. The number of ether oxygens (including phenoxy) is 1. The third kappa shape index (κ3) is 8.52. The number of carbonyl (C=O) groups excluding carboxylic acids is 2. The Hall–Kier alpha value is -0.550. The summed E-state index contributed by atoms with van der Waals surface area (Å²) in [5.74, 6) is 2.32. The van der Waals surface area contributed by atoms with Crippen molar-refractivity contribution in [2.75, 3.05) is 18.1 Å². The molecule has 0 bridgehead atoms. The van der Waals surface area contributed by atoms with Crippen LogP contribution in [0.3, 0.4) is 0 Å². The second-order valence-corrected chi connectivity index (χ2v) is 7.85. The molecule has 1 unspecified atom stereocenters. The van der Waals surface area contributed by atoms with Crippen molar-refractivity contribution < 1.29 is 19.4 Å². The standard InChI is InChI=1S/C19H34O4S/c1-3-7-16(20)11-9-15-10-12-18(21)17(15)8-5-6-13-24-14-19(22)23-4-2/h15-17,20H,3-14H2,1-2H3/t15-,16?,17+/m0/s1. The summed E-state index contributed by atoms with van der Waals surface area (Å²) >= 11 is 1.61. The van der Waals surface area contributed by atoms with E-state index in [2.05, 4.69) is 6.92 Å². The van der Waals surface area contributed by atoms with Crippen LogP contribution in [0, 0.1) is 11.8 Å². The van der Waals surface area contributed by atoms with Gasteiger partial charge in [-0.25, -0.2) is 0 Å². The Morgan fingerprint density at radius 1 is 1.29 bits per heavy atom. The Kier molecular flexibility index (Phi) is 11.4. The van der Waals surface area contributed by atoms with Crippen molar-refractivity contribution in [1.82, 2.24) is 0 Å². The fraction of sp³-hybridized carbons (Fsp3) is 0.895. The average molecular weight is 359 g/mol. The molecule has 0 aromatic rings. The topological polar surface area (TPSA) is 63.6 Å². The van der Waals surface area contributed by atoms with Crippen LogP contribution >= 0.6 is 11.8 Å². The maximum atomic E-state index is 12.1. The summed E-state index contributed by atoms with van der Waals surface area (Å²) < 4.78 is 4.90. The number of hydrogen-bond acceptors (Lipinski definition) is 5. The molecule has 1 N–H and O–H groups in total. The monoisotopic (exact) mass is 358 g/mol. The molecule has 4 nitrogen and oxygen atoms in total. The minimum Gasteiger partial charge on any atom is -0.465 e. The van der Waals surface area contributed by atoms with E-state index in [0.29, 0.717) is 24.1 Å². The fourth-order valence-electron chi connectivity index (χ4n) is 3.53. The highest BCUT2D eigenvalue weighted by molar-refractivity contribution is 7.99. The number of rotatable bonds is 13. The lowest BCUT2D eigenvalue weighted by Gasteiger charge is -2.19. The largest absolute Gasteiger partial charge is 0.465 e. The molecule has 0 saturated heterocycles. The molecule has 1 fully saturated rings. The van der Waals surface area contributed by atoms with Crippen LogP contribution in [0.1, 0.15) is 71.6 Å². The van der Waals surface area contributed by atoms with Crippen LogP contribution in [0.15, 0.2) is 0 Å². The van der Waals surface area contributed by atoms with E-state index in [9.17, 15) is 14.7 Å². The minimum atomic E-state index is -0.203. The maximum absolute atomic E-state index is 12.1. The summed E-state index contributed by atoms with van der Waals surface area (Å²) in [6.07, 6.45) is 8.25. The first-order chi connectivity index (χ1) is 11.6. The molecule has 0 spiro atoms. The Balaban J connectivity index is 2.17. The zero-order valence-corrected chi connectivity index (χ0v) is 16.1. The lowest BCUT2D eigenvalue weighted by molar-refractivity contribution is -0.139. The maximum Gasteiger partial charge on any atom is 0.315 e. The van der Waals surface area contributed by atoms with Crippen LogP contribution < -0.4 is 0 Å². The predicted octanol–water partition coefficient (Wildman–Crippen LogP) is 3.99. The Morgan fingerprint density at radius 2 is 2.08 bits per heavy atom. The Bertz CT molecular complexity index is 372. The molecular formula is C19H34O4S.